The number of carbonyl (C=O) groups excluding carboxylic acids is 1. The molecule has 0 aliphatic carbocycles. The molecule has 0 spiro atoms. The Morgan fingerprint density at radius 2 is 2.10 bits per heavy atom. The molecule has 0 aliphatic heterocycles. The lowest BCUT2D eigenvalue weighted by Crippen LogP contribution is -2.09. The van der Waals surface area contributed by atoms with E-state index in [2.05, 4.69) is 20.4 Å². The minimum absolute atomic E-state index is 0.260. The summed E-state index contributed by atoms with van der Waals surface area (Å²) in [6.07, 6.45) is 4.52. The van der Waals surface area contributed by atoms with Crippen LogP contribution in [0.5, 0.6) is 0 Å². The molecule has 2 aromatic heterocycles. The van der Waals surface area contributed by atoms with Crippen molar-refractivity contribution in [3.8, 4) is 0 Å². The van der Waals surface area contributed by atoms with Crippen LogP contribution in [-0.4, -0.2) is 32.3 Å². The quantitative estimate of drug-likeness (QED) is 0.502. The number of hydrogen-bond donors (Lipinski definition) is 1. The van der Waals surface area contributed by atoms with Crippen molar-refractivity contribution in [1.29, 1.82) is 0 Å². The first-order valence-electron chi connectivity index (χ1n) is 9.08. The summed E-state index contributed by atoms with van der Waals surface area (Å²) in [6.45, 7) is 2.47. The molecular formula is C21H18FN5O2. The molecule has 7 nitrogen and oxygen atoms in total. The van der Waals surface area contributed by atoms with Gasteiger partial charge in [0.15, 0.2) is 0 Å². The van der Waals surface area contributed by atoms with E-state index in [1.807, 2.05) is 28.9 Å². The zero-order chi connectivity index (χ0) is 20.2. The molecule has 0 fully saturated rings. The fourth-order valence-electron chi connectivity index (χ4n) is 3.02. The molecule has 1 N–H and O–H groups in total. The Balaban J connectivity index is 1.59. The Bertz CT molecular complexity index is 1170. The lowest BCUT2D eigenvalue weighted by atomic mass is 10.2. The van der Waals surface area contributed by atoms with Crippen molar-refractivity contribution < 1.29 is 13.9 Å². The van der Waals surface area contributed by atoms with Gasteiger partial charge in [0.1, 0.15) is 23.5 Å². The van der Waals surface area contributed by atoms with E-state index >= 15 is 0 Å². The number of halogens is 1. The Morgan fingerprint density at radius 1 is 1.21 bits per heavy atom. The third-order valence-corrected chi connectivity index (χ3v) is 4.33. The highest BCUT2D eigenvalue weighted by Gasteiger charge is 2.14. The molecule has 0 saturated heterocycles. The summed E-state index contributed by atoms with van der Waals surface area (Å²) in [5.41, 5.74) is 2.74. The maximum atomic E-state index is 13.4. The van der Waals surface area contributed by atoms with Crippen molar-refractivity contribution in [3.05, 3.63) is 78.1 Å². The van der Waals surface area contributed by atoms with Gasteiger partial charge in [-0.05, 0) is 42.8 Å². The second-order valence-electron chi connectivity index (χ2n) is 6.34. The van der Waals surface area contributed by atoms with Crippen LogP contribution in [0.3, 0.4) is 0 Å². The number of hydrogen-bond acceptors (Lipinski definition) is 6. The first-order valence-corrected chi connectivity index (χ1v) is 9.08. The molecule has 4 rings (SSSR count). The second kappa shape index (κ2) is 8.05. The predicted octanol–water partition coefficient (Wildman–Crippen LogP) is 3.93. The average Bonchev–Trinajstić information content (AvgIpc) is 3.10. The molecule has 0 atom stereocenters. The highest BCUT2D eigenvalue weighted by molar-refractivity contribution is 5.95. The Morgan fingerprint density at radius 3 is 2.93 bits per heavy atom. The lowest BCUT2D eigenvalue weighted by Gasteiger charge is -2.10. The smallest absolute Gasteiger partial charge is 0.343 e. The van der Waals surface area contributed by atoms with Gasteiger partial charge in [0.05, 0.1) is 24.9 Å². The number of fused-ring (bicyclic) bond motifs is 1. The maximum absolute atomic E-state index is 13.4. The van der Waals surface area contributed by atoms with Gasteiger partial charge in [0.2, 0.25) is 0 Å². The largest absolute Gasteiger partial charge is 0.462 e. The van der Waals surface area contributed by atoms with Crippen molar-refractivity contribution in [3.63, 3.8) is 0 Å². The van der Waals surface area contributed by atoms with E-state index in [9.17, 15) is 9.18 Å². The molecular weight excluding hydrogens is 373 g/mol. The van der Waals surface area contributed by atoms with Gasteiger partial charge in [0.25, 0.3) is 0 Å². The Hall–Kier alpha value is -3.81. The summed E-state index contributed by atoms with van der Waals surface area (Å²) < 4.78 is 20.3. The van der Waals surface area contributed by atoms with Crippen LogP contribution in [0.4, 0.5) is 15.9 Å². The fourth-order valence-corrected chi connectivity index (χ4v) is 3.02. The molecule has 0 amide bonds. The zero-order valence-electron chi connectivity index (χ0n) is 15.7. The summed E-state index contributed by atoms with van der Waals surface area (Å²) >= 11 is 0. The van der Waals surface area contributed by atoms with Gasteiger partial charge in [-0.1, -0.05) is 12.1 Å². The minimum atomic E-state index is -0.486. The molecule has 4 aromatic rings. The first-order chi connectivity index (χ1) is 14.1. The molecule has 0 bridgehead atoms. The number of benzene rings is 2. The summed E-state index contributed by atoms with van der Waals surface area (Å²) in [6, 6.07) is 12.1. The minimum Gasteiger partial charge on any atom is -0.462 e. The van der Waals surface area contributed by atoms with Crippen LogP contribution < -0.4 is 5.32 Å². The van der Waals surface area contributed by atoms with E-state index in [4.69, 9.17) is 4.74 Å². The molecule has 0 saturated carbocycles. The van der Waals surface area contributed by atoms with E-state index in [1.54, 1.807) is 19.2 Å². The number of aromatic nitrogens is 4. The number of ether oxygens (including phenoxy) is 1. The first kappa shape index (κ1) is 18.5. The number of anilines is 2. The van der Waals surface area contributed by atoms with Crippen molar-refractivity contribution in [2.45, 2.75) is 13.5 Å². The van der Waals surface area contributed by atoms with E-state index in [1.165, 1.54) is 24.7 Å². The fraction of sp³-hybridized carbons (Fsp3) is 0.143. The summed E-state index contributed by atoms with van der Waals surface area (Å²) in [5, 5.41) is 8.44. The molecule has 146 valence electrons. The average molecular weight is 391 g/mol. The number of nitrogens with zero attached hydrogens (tertiary/aromatic N) is 4. The summed E-state index contributed by atoms with van der Waals surface area (Å²) in [4.78, 5) is 20.1. The lowest BCUT2D eigenvalue weighted by molar-refractivity contribution is 0.0526. The van der Waals surface area contributed by atoms with Crippen LogP contribution >= 0.6 is 0 Å². The summed E-state index contributed by atoms with van der Waals surface area (Å²) in [5.74, 6) is -0.391. The van der Waals surface area contributed by atoms with E-state index in [-0.39, 0.29) is 18.0 Å². The highest BCUT2D eigenvalue weighted by atomic mass is 19.1. The van der Waals surface area contributed by atoms with Gasteiger partial charge < -0.3 is 10.1 Å². The predicted molar refractivity (Wildman–Crippen MR) is 107 cm³/mol. The van der Waals surface area contributed by atoms with Gasteiger partial charge in [-0.3, -0.25) is 4.68 Å². The van der Waals surface area contributed by atoms with Crippen LogP contribution in [0.1, 0.15) is 22.8 Å². The number of nitrogens with one attached hydrogen (secondary N) is 1. The molecule has 0 radical (unpaired) electrons. The highest BCUT2D eigenvalue weighted by Crippen LogP contribution is 2.24. The van der Waals surface area contributed by atoms with Gasteiger partial charge in [-0.2, -0.15) is 5.10 Å². The van der Waals surface area contributed by atoms with Crippen molar-refractivity contribution >= 4 is 28.4 Å². The number of esters is 1. The Labute approximate surface area is 166 Å². The van der Waals surface area contributed by atoms with Gasteiger partial charge in [-0.15, -0.1) is 0 Å². The van der Waals surface area contributed by atoms with Crippen molar-refractivity contribution in [1.82, 2.24) is 19.7 Å². The topological polar surface area (TPSA) is 81.9 Å². The van der Waals surface area contributed by atoms with Gasteiger partial charge in [-0.25, -0.2) is 19.2 Å². The molecule has 0 aliphatic rings. The van der Waals surface area contributed by atoms with Crippen LogP contribution in [0.25, 0.3) is 10.9 Å². The van der Waals surface area contributed by atoms with Crippen LogP contribution in [0, 0.1) is 5.82 Å². The van der Waals surface area contributed by atoms with Gasteiger partial charge in [0, 0.05) is 17.3 Å². The van der Waals surface area contributed by atoms with Crippen molar-refractivity contribution in [2.24, 2.45) is 0 Å². The standard InChI is InChI=1S/C21H18FN5O2/c1-2-29-21(28)18-11-23-13-24-20(18)26-17-6-7-19-15(9-17)10-25-27(19)12-14-4-3-5-16(22)8-14/h3-11,13H,2,12H2,1H3,(H,23,24,26). The molecule has 0 unspecified atom stereocenters. The monoisotopic (exact) mass is 391 g/mol. The number of rotatable bonds is 6. The normalized spacial score (nSPS) is 10.8. The zero-order valence-corrected chi connectivity index (χ0v) is 15.7. The molecule has 2 aromatic carbocycles. The van der Waals surface area contributed by atoms with E-state index in [0.29, 0.717) is 12.4 Å². The Kier molecular flexibility index (Phi) is 5.15. The number of carbonyl (C=O) groups is 1. The molecule has 29 heavy (non-hydrogen) atoms. The third kappa shape index (κ3) is 4.06. The maximum Gasteiger partial charge on any atom is 0.343 e. The van der Waals surface area contributed by atoms with E-state index in [0.717, 1.165) is 22.2 Å². The van der Waals surface area contributed by atoms with Crippen LogP contribution in [-0.2, 0) is 11.3 Å². The van der Waals surface area contributed by atoms with Crippen molar-refractivity contribution in [2.75, 3.05) is 11.9 Å². The van der Waals surface area contributed by atoms with Crippen LogP contribution in [0.15, 0.2) is 61.2 Å². The van der Waals surface area contributed by atoms with E-state index < -0.39 is 5.97 Å². The molecule has 2 heterocycles. The summed E-state index contributed by atoms with van der Waals surface area (Å²) in [7, 11) is 0. The molecule has 8 heteroatoms. The SMILES string of the molecule is CCOC(=O)c1cncnc1Nc1ccc2c(cnn2Cc2cccc(F)c2)c1. The second-order valence-corrected chi connectivity index (χ2v) is 6.34. The third-order valence-electron chi connectivity index (χ3n) is 4.33. The van der Waals surface area contributed by atoms with Crippen LogP contribution in [0.2, 0.25) is 0 Å². The van der Waals surface area contributed by atoms with Gasteiger partial charge >= 0.3 is 5.97 Å².